The minimum Gasteiger partial charge on any atom is -0.423 e. The molecule has 0 spiro atoms. The third-order valence-electron chi connectivity index (χ3n) is 3.18. The molecule has 1 heterocycles. The van der Waals surface area contributed by atoms with Crippen molar-refractivity contribution in [3.63, 3.8) is 0 Å². The van der Waals surface area contributed by atoms with Gasteiger partial charge in [0.25, 0.3) is 0 Å². The second-order valence-corrected chi connectivity index (χ2v) is 6.42. The van der Waals surface area contributed by atoms with E-state index in [2.05, 4.69) is 0 Å². The Morgan fingerprint density at radius 2 is 1.83 bits per heavy atom. The van der Waals surface area contributed by atoms with Crippen LogP contribution in [0.1, 0.15) is 18.4 Å². The van der Waals surface area contributed by atoms with Gasteiger partial charge in [0.1, 0.15) is 0 Å². The van der Waals surface area contributed by atoms with Gasteiger partial charge in [0.2, 0.25) is 10.0 Å². The van der Waals surface area contributed by atoms with Gasteiger partial charge < -0.3 is 10.0 Å². The lowest BCUT2D eigenvalue weighted by Gasteiger charge is -2.17. The molecule has 1 aromatic carbocycles. The largest absolute Gasteiger partial charge is 0.488 e. The minimum absolute atomic E-state index is 0.244. The Labute approximate surface area is 107 Å². The molecular weight excluding hydrogens is 253 g/mol. The SMILES string of the molecule is Cc1cc(B(O)O)ccc1S(=O)(=O)N1CCCC1. The highest BCUT2D eigenvalue weighted by atomic mass is 32.2. The Balaban J connectivity index is 2.39. The van der Waals surface area contributed by atoms with E-state index < -0.39 is 17.1 Å². The molecule has 0 radical (unpaired) electrons. The predicted octanol–water partition coefficient (Wildman–Crippen LogP) is -0.541. The van der Waals surface area contributed by atoms with Gasteiger partial charge >= 0.3 is 7.12 Å². The molecule has 1 fully saturated rings. The van der Waals surface area contributed by atoms with Crippen LogP contribution in [0.3, 0.4) is 0 Å². The highest BCUT2D eigenvalue weighted by Gasteiger charge is 2.28. The van der Waals surface area contributed by atoms with Gasteiger partial charge in [0.15, 0.2) is 0 Å². The first-order chi connectivity index (χ1) is 8.43. The summed E-state index contributed by atoms with van der Waals surface area (Å²) in [5.41, 5.74) is 0.834. The molecule has 2 rings (SSSR count). The Hall–Kier alpha value is -0.885. The summed E-state index contributed by atoms with van der Waals surface area (Å²) in [6.45, 7) is 2.78. The van der Waals surface area contributed by atoms with Crippen molar-refractivity contribution in [2.45, 2.75) is 24.7 Å². The average Bonchev–Trinajstić information content (AvgIpc) is 2.82. The van der Waals surface area contributed by atoms with Gasteiger partial charge in [-0.3, -0.25) is 0 Å². The molecule has 2 N–H and O–H groups in total. The number of benzene rings is 1. The van der Waals surface area contributed by atoms with Crippen LogP contribution < -0.4 is 5.46 Å². The number of hydrogen-bond acceptors (Lipinski definition) is 4. The molecule has 0 unspecified atom stereocenters. The molecule has 0 bridgehead atoms. The molecule has 0 aliphatic carbocycles. The van der Waals surface area contributed by atoms with Crippen molar-refractivity contribution < 1.29 is 18.5 Å². The lowest BCUT2D eigenvalue weighted by Crippen LogP contribution is -2.32. The number of rotatable bonds is 3. The zero-order valence-electron chi connectivity index (χ0n) is 10.2. The third-order valence-corrected chi connectivity index (χ3v) is 5.24. The Bertz CT molecular complexity index is 538. The van der Waals surface area contributed by atoms with Gasteiger partial charge in [-0.15, -0.1) is 0 Å². The van der Waals surface area contributed by atoms with Crippen molar-refractivity contribution in [2.75, 3.05) is 13.1 Å². The monoisotopic (exact) mass is 269 g/mol. The zero-order chi connectivity index (χ0) is 13.3. The summed E-state index contributed by atoms with van der Waals surface area (Å²) >= 11 is 0. The van der Waals surface area contributed by atoms with Crippen LogP contribution in [-0.4, -0.2) is 43.0 Å². The first kappa shape index (κ1) is 13.5. The van der Waals surface area contributed by atoms with Gasteiger partial charge in [-0.25, -0.2) is 8.42 Å². The third kappa shape index (κ3) is 2.44. The van der Waals surface area contributed by atoms with Crippen LogP contribution in [0.4, 0.5) is 0 Å². The van der Waals surface area contributed by atoms with Crippen molar-refractivity contribution in [1.82, 2.24) is 4.31 Å². The van der Waals surface area contributed by atoms with Crippen molar-refractivity contribution in [1.29, 1.82) is 0 Å². The topological polar surface area (TPSA) is 77.8 Å². The maximum Gasteiger partial charge on any atom is 0.488 e. The van der Waals surface area contributed by atoms with Crippen LogP contribution in [-0.2, 0) is 10.0 Å². The zero-order valence-corrected chi connectivity index (χ0v) is 11.0. The number of hydrogen-bond donors (Lipinski definition) is 2. The molecule has 0 saturated carbocycles. The molecule has 0 aromatic heterocycles. The van der Waals surface area contributed by atoms with Crippen LogP contribution in [0.5, 0.6) is 0 Å². The van der Waals surface area contributed by atoms with Crippen LogP contribution >= 0.6 is 0 Å². The number of aryl methyl sites for hydroxylation is 1. The molecule has 18 heavy (non-hydrogen) atoms. The van der Waals surface area contributed by atoms with E-state index in [0.717, 1.165) is 12.8 Å². The Morgan fingerprint density at radius 1 is 1.22 bits per heavy atom. The number of nitrogens with zero attached hydrogens (tertiary/aromatic N) is 1. The summed E-state index contributed by atoms with van der Waals surface area (Å²) in [4.78, 5) is 0.244. The fourth-order valence-corrected chi connectivity index (χ4v) is 3.91. The van der Waals surface area contributed by atoms with Crippen LogP contribution in [0.2, 0.25) is 0 Å². The van der Waals surface area contributed by atoms with Crippen LogP contribution in [0, 0.1) is 6.92 Å². The van der Waals surface area contributed by atoms with E-state index in [1.807, 2.05) is 0 Å². The molecular formula is C11H16BNO4S. The molecule has 7 heteroatoms. The smallest absolute Gasteiger partial charge is 0.423 e. The van der Waals surface area contributed by atoms with E-state index in [1.54, 1.807) is 6.92 Å². The maximum absolute atomic E-state index is 12.3. The molecule has 0 atom stereocenters. The van der Waals surface area contributed by atoms with E-state index in [-0.39, 0.29) is 4.90 Å². The second kappa shape index (κ2) is 5.01. The van der Waals surface area contributed by atoms with Crippen molar-refractivity contribution in [3.05, 3.63) is 23.8 Å². The molecule has 5 nitrogen and oxygen atoms in total. The average molecular weight is 269 g/mol. The lowest BCUT2D eigenvalue weighted by molar-refractivity contribution is 0.425. The van der Waals surface area contributed by atoms with E-state index in [1.165, 1.54) is 22.5 Å². The Kier molecular flexibility index (Phi) is 3.77. The fourth-order valence-electron chi connectivity index (χ4n) is 2.19. The summed E-state index contributed by atoms with van der Waals surface area (Å²) < 4.78 is 26.2. The molecule has 1 aliphatic rings. The molecule has 0 amide bonds. The number of sulfonamides is 1. The van der Waals surface area contributed by atoms with Crippen molar-refractivity contribution >= 4 is 22.6 Å². The summed E-state index contributed by atoms with van der Waals surface area (Å²) in [5, 5.41) is 18.1. The highest BCUT2D eigenvalue weighted by molar-refractivity contribution is 7.89. The first-order valence-corrected chi connectivity index (χ1v) is 7.34. The summed E-state index contributed by atoms with van der Waals surface area (Å²) in [5.74, 6) is 0. The first-order valence-electron chi connectivity index (χ1n) is 5.90. The molecule has 1 aromatic rings. The molecule has 1 aliphatic heterocycles. The summed E-state index contributed by atoms with van der Waals surface area (Å²) in [7, 11) is -5.02. The van der Waals surface area contributed by atoms with Gasteiger partial charge in [0.05, 0.1) is 4.90 Å². The normalized spacial score (nSPS) is 17.1. The van der Waals surface area contributed by atoms with Crippen molar-refractivity contribution in [3.8, 4) is 0 Å². The maximum atomic E-state index is 12.3. The van der Waals surface area contributed by atoms with E-state index in [4.69, 9.17) is 10.0 Å². The minimum atomic E-state index is -3.44. The van der Waals surface area contributed by atoms with Gasteiger partial charge in [-0.05, 0) is 36.9 Å². The van der Waals surface area contributed by atoms with Gasteiger partial charge in [-0.1, -0.05) is 12.1 Å². The molecule has 98 valence electrons. The highest BCUT2D eigenvalue weighted by Crippen LogP contribution is 2.22. The molecule has 1 saturated heterocycles. The summed E-state index contributed by atoms with van der Waals surface area (Å²) in [6, 6.07) is 4.37. The van der Waals surface area contributed by atoms with Gasteiger partial charge in [-0.2, -0.15) is 4.31 Å². The van der Waals surface area contributed by atoms with Crippen LogP contribution in [0.25, 0.3) is 0 Å². The standard InChI is InChI=1S/C11H16BNO4S/c1-9-8-10(12(14)15)4-5-11(9)18(16,17)13-6-2-3-7-13/h4-5,8,14-15H,2-3,6-7H2,1H3. The quantitative estimate of drug-likeness (QED) is 0.722. The van der Waals surface area contributed by atoms with Crippen molar-refractivity contribution in [2.24, 2.45) is 0 Å². The summed E-state index contributed by atoms with van der Waals surface area (Å²) in [6.07, 6.45) is 1.79. The second-order valence-electron chi connectivity index (χ2n) is 4.51. The lowest BCUT2D eigenvalue weighted by atomic mass is 9.80. The Morgan fingerprint density at radius 3 is 2.33 bits per heavy atom. The fraction of sp³-hybridized carbons (Fsp3) is 0.455. The predicted molar refractivity (Wildman–Crippen MR) is 69.0 cm³/mol. The van der Waals surface area contributed by atoms with E-state index in [9.17, 15) is 8.42 Å². The van der Waals surface area contributed by atoms with Gasteiger partial charge in [0, 0.05) is 13.1 Å². The van der Waals surface area contributed by atoms with Crippen LogP contribution in [0.15, 0.2) is 23.1 Å². The van der Waals surface area contributed by atoms with E-state index in [0.29, 0.717) is 24.1 Å². The van der Waals surface area contributed by atoms with E-state index >= 15 is 0 Å².